The normalized spacial score (nSPS) is 13.8. The summed E-state index contributed by atoms with van der Waals surface area (Å²) in [5.74, 6) is 0.342. The molecule has 10 heteroatoms. The van der Waals surface area contributed by atoms with Gasteiger partial charge in [0.05, 0.1) is 46.0 Å². The molecule has 0 atom stereocenters. The van der Waals surface area contributed by atoms with Crippen LogP contribution in [0.1, 0.15) is 54.1 Å². The van der Waals surface area contributed by atoms with Crippen molar-refractivity contribution in [3.05, 3.63) is 133 Å². The third kappa shape index (κ3) is 6.30. The van der Waals surface area contributed by atoms with E-state index in [1.165, 1.54) is 18.6 Å². The Hall–Kier alpha value is -6.55. The second-order valence-electron chi connectivity index (χ2n) is 14.3. The van der Waals surface area contributed by atoms with Crippen LogP contribution in [0.5, 0.6) is 5.75 Å². The molecule has 0 bridgehead atoms. The minimum Gasteiger partial charge on any atom is -0.497 e. The first-order valence-electron chi connectivity index (χ1n) is 18.6. The van der Waals surface area contributed by atoms with Gasteiger partial charge < -0.3 is 14.4 Å². The topological polar surface area (TPSA) is 90.1 Å². The van der Waals surface area contributed by atoms with Crippen LogP contribution in [0, 0.1) is 0 Å². The van der Waals surface area contributed by atoms with Crippen LogP contribution in [0.15, 0.2) is 121 Å². The molecular formula is C46H35F3N4O3. The molecule has 9 rings (SSSR count). The number of fused-ring (bicyclic) bond motifs is 3. The number of nitrogens with zero attached hydrogens (tertiary/aromatic N) is 4. The van der Waals surface area contributed by atoms with E-state index in [0.29, 0.717) is 28.1 Å². The number of carboxylic acids is 1. The lowest BCUT2D eigenvalue weighted by Crippen LogP contribution is -2.14. The fraction of sp³-hybridized carbons (Fsp3) is 0.174. The van der Waals surface area contributed by atoms with Crippen molar-refractivity contribution in [1.82, 2.24) is 19.5 Å². The van der Waals surface area contributed by atoms with Crippen molar-refractivity contribution in [2.75, 3.05) is 7.11 Å². The van der Waals surface area contributed by atoms with Gasteiger partial charge in [-0.05, 0) is 108 Å². The zero-order valence-corrected chi connectivity index (χ0v) is 30.3. The summed E-state index contributed by atoms with van der Waals surface area (Å²) < 4.78 is 47.9. The summed E-state index contributed by atoms with van der Waals surface area (Å²) in [5, 5.41) is 12.2. The molecule has 1 aliphatic rings. The van der Waals surface area contributed by atoms with E-state index in [1.54, 1.807) is 25.4 Å². The number of carbonyl (C=O) groups is 1. The summed E-state index contributed by atoms with van der Waals surface area (Å²) in [4.78, 5) is 27.5. The van der Waals surface area contributed by atoms with Gasteiger partial charge in [-0.2, -0.15) is 13.2 Å². The number of rotatable bonds is 7. The highest BCUT2D eigenvalue weighted by Gasteiger charge is 2.30. The monoisotopic (exact) mass is 748 g/mol. The molecule has 8 aromatic rings. The molecule has 0 radical (unpaired) electrons. The van der Waals surface area contributed by atoms with Crippen molar-refractivity contribution in [3.8, 4) is 50.6 Å². The highest BCUT2D eigenvalue weighted by Crippen LogP contribution is 2.42. The molecule has 0 spiro atoms. The number of ether oxygens (including phenoxy) is 1. The summed E-state index contributed by atoms with van der Waals surface area (Å²) in [6, 6.07) is 33.9. The lowest BCUT2D eigenvalue weighted by atomic mass is 9.94. The Labute approximate surface area is 320 Å². The summed E-state index contributed by atoms with van der Waals surface area (Å²) >= 11 is 0. The number of hydrogen-bond acceptors (Lipinski definition) is 5. The minimum absolute atomic E-state index is 0.184. The molecule has 1 saturated carbocycles. The van der Waals surface area contributed by atoms with Crippen molar-refractivity contribution in [2.45, 2.75) is 44.3 Å². The van der Waals surface area contributed by atoms with E-state index < -0.39 is 17.7 Å². The highest BCUT2D eigenvalue weighted by atomic mass is 19.4. The average Bonchev–Trinajstić information content (AvgIpc) is 3.62. The van der Waals surface area contributed by atoms with Gasteiger partial charge in [-0.1, -0.05) is 55.7 Å². The van der Waals surface area contributed by atoms with Gasteiger partial charge in [0.1, 0.15) is 11.6 Å². The standard InChI is InChI=1S/C46H35F3N4O3/c1-56-34-16-17-35(27-9-14-32(15-10-27)46(47,48)49)37(26-34)40-21-11-29-25-31(13-20-39(29)51-40)44-52-43-41(53(44)33-7-3-2-4-8-33)22-18-36(45(54)55)42(43)30-12-19-38-28(24-30)6-5-23-50-38/h5-6,9-26,33H,2-4,7-8H2,1H3,(H,54,55). The Balaban J connectivity index is 1.18. The molecule has 0 unspecified atom stereocenters. The maximum atomic E-state index is 13.3. The van der Waals surface area contributed by atoms with Crippen LogP contribution >= 0.6 is 0 Å². The number of carboxylic acid groups (broad SMARTS) is 1. The van der Waals surface area contributed by atoms with E-state index >= 15 is 0 Å². The summed E-state index contributed by atoms with van der Waals surface area (Å²) in [7, 11) is 1.57. The van der Waals surface area contributed by atoms with E-state index in [0.717, 1.165) is 93.2 Å². The average molecular weight is 749 g/mol. The maximum absolute atomic E-state index is 13.3. The number of aromatic nitrogens is 4. The van der Waals surface area contributed by atoms with Gasteiger partial charge in [0, 0.05) is 39.7 Å². The van der Waals surface area contributed by atoms with Gasteiger partial charge >= 0.3 is 12.1 Å². The van der Waals surface area contributed by atoms with Crippen molar-refractivity contribution >= 4 is 38.8 Å². The lowest BCUT2D eigenvalue weighted by Gasteiger charge is -2.26. The predicted octanol–water partition coefficient (Wildman–Crippen LogP) is 12.0. The molecular weight excluding hydrogens is 714 g/mol. The smallest absolute Gasteiger partial charge is 0.416 e. The molecule has 1 N–H and O–H groups in total. The van der Waals surface area contributed by atoms with Gasteiger partial charge in [-0.3, -0.25) is 4.98 Å². The molecule has 7 nitrogen and oxygen atoms in total. The summed E-state index contributed by atoms with van der Waals surface area (Å²) in [6.45, 7) is 0. The van der Waals surface area contributed by atoms with Crippen LogP contribution < -0.4 is 4.74 Å². The zero-order chi connectivity index (χ0) is 38.6. The van der Waals surface area contributed by atoms with Gasteiger partial charge in [-0.15, -0.1) is 0 Å². The molecule has 0 amide bonds. The molecule has 278 valence electrons. The van der Waals surface area contributed by atoms with E-state index in [4.69, 9.17) is 14.7 Å². The Kier molecular flexibility index (Phi) is 8.76. The number of halogens is 3. The Morgan fingerprint density at radius 2 is 1.48 bits per heavy atom. The maximum Gasteiger partial charge on any atom is 0.416 e. The molecule has 5 aromatic carbocycles. The largest absolute Gasteiger partial charge is 0.497 e. The molecule has 0 aliphatic heterocycles. The molecule has 1 fully saturated rings. The van der Waals surface area contributed by atoms with E-state index in [-0.39, 0.29) is 11.6 Å². The fourth-order valence-electron chi connectivity index (χ4n) is 8.14. The molecule has 3 aromatic heterocycles. The molecule has 1 aliphatic carbocycles. The quantitative estimate of drug-likeness (QED) is 0.175. The van der Waals surface area contributed by atoms with Gasteiger partial charge in [0.2, 0.25) is 0 Å². The van der Waals surface area contributed by atoms with Crippen LogP contribution in [-0.4, -0.2) is 37.7 Å². The van der Waals surface area contributed by atoms with Crippen LogP contribution in [0.2, 0.25) is 0 Å². The second kappa shape index (κ2) is 13.9. The third-order valence-corrected chi connectivity index (χ3v) is 10.9. The number of pyridine rings is 2. The Morgan fingerprint density at radius 1 is 0.750 bits per heavy atom. The fourth-order valence-corrected chi connectivity index (χ4v) is 8.14. The summed E-state index contributed by atoms with van der Waals surface area (Å²) in [5.41, 5.74) is 7.48. The van der Waals surface area contributed by atoms with E-state index in [1.807, 2.05) is 72.8 Å². The number of methoxy groups -OCH3 is 1. The van der Waals surface area contributed by atoms with Crippen LogP contribution in [-0.2, 0) is 6.18 Å². The second-order valence-corrected chi connectivity index (χ2v) is 14.3. The van der Waals surface area contributed by atoms with E-state index in [9.17, 15) is 23.1 Å². The first kappa shape index (κ1) is 35.2. The molecule has 56 heavy (non-hydrogen) atoms. The molecule has 3 heterocycles. The number of imidazole rings is 1. The van der Waals surface area contributed by atoms with Crippen molar-refractivity contribution < 1.29 is 27.8 Å². The van der Waals surface area contributed by atoms with Crippen LogP contribution in [0.4, 0.5) is 13.2 Å². The molecule has 0 saturated heterocycles. The van der Waals surface area contributed by atoms with Gasteiger partial charge in [-0.25, -0.2) is 14.8 Å². The zero-order valence-electron chi connectivity index (χ0n) is 30.3. The minimum atomic E-state index is -4.43. The number of aromatic carboxylic acids is 1. The SMILES string of the molecule is COc1ccc(-c2ccc(C(F)(F)F)cc2)c(-c2ccc3cc(-c4nc5c(-c6ccc7ncccc7c6)c(C(=O)O)ccc5n4C4CCCCC4)ccc3n2)c1. The number of benzene rings is 5. The first-order chi connectivity index (χ1) is 27.2. The van der Waals surface area contributed by atoms with Crippen molar-refractivity contribution in [2.24, 2.45) is 0 Å². The third-order valence-electron chi connectivity index (χ3n) is 10.9. The highest BCUT2D eigenvalue weighted by molar-refractivity contribution is 6.07. The van der Waals surface area contributed by atoms with Gasteiger partial charge in [0.15, 0.2) is 0 Å². The van der Waals surface area contributed by atoms with Crippen LogP contribution in [0.3, 0.4) is 0 Å². The van der Waals surface area contributed by atoms with Crippen molar-refractivity contribution in [1.29, 1.82) is 0 Å². The number of hydrogen-bond donors (Lipinski definition) is 1. The first-order valence-corrected chi connectivity index (χ1v) is 18.6. The predicted molar refractivity (Wildman–Crippen MR) is 213 cm³/mol. The van der Waals surface area contributed by atoms with Crippen molar-refractivity contribution in [3.63, 3.8) is 0 Å². The number of alkyl halides is 3. The lowest BCUT2D eigenvalue weighted by molar-refractivity contribution is -0.137. The summed E-state index contributed by atoms with van der Waals surface area (Å²) in [6.07, 6.45) is 2.68. The van der Waals surface area contributed by atoms with Crippen LogP contribution in [0.25, 0.3) is 77.7 Å². The Morgan fingerprint density at radius 3 is 2.25 bits per heavy atom. The Bertz CT molecular complexity index is 2810. The van der Waals surface area contributed by atoms with Gasteiger partial charge in [0.25, 0.3) is 0 Å². The van der Waals surface area contributed by atoms with E-state index in [2.05, 4.69) is 15.6 Å².